The zero-order valence-electron chi connectivity index (χ0n) is 13.2. The number of piperidine rings is 1. The molecule has 2 rings (SSSR count). The van der Waals surface area contributed by atoms with E-state index in [1.165, 1.54) is 0 Å². The van der Waals surface area contributed by atoms with Crippen molar-refractivity contribution in [2.45, 2.75) is 50.5 Å². The Morgan fingerprint density at radius 3 is 2.59 bits per heavy atom. The van der Waals surface area contributed by atoms with Gasteiger partial charge in [0.2, 0.25) is 15.9 Å². The fourth-order valence-corrected chi connectivity index (χ4v) is 3.74. The van der Waals surface area contributed by atoms with E-state index in [9.17, 15) is 13.2 Å². The maximum Gasteiger partial charge on any atom is 0.240 e. The van der Waals surface area contributed by atoms with Crippen molar-refractivity contribution in [3.63, 3.8) is 0 Å². The first-order valence-electron chi connectivity index (χ1n) is 7.76. The second-order valence-corrected chi connectivity index (χ2v) is 7.66. The predicted octanol–water partition coefficient (Wildman–Crippen LogP) is 2.06. The molecule has 1 heterocycles. The van der Waals surface area contributed by atoms with E-state index in [0.29, 0.717) is 0 Å². The third kappa shape index (κ3) is 4.30. The zero-order valence-corrected chi connectivity index (χ0v) is 14.0. The number of nitrogens with one attached hydrogen (secondary N) is 1. The van der Waals surface area contributed by atoms with Gasteiger partial charge in [0.05, 0.1) is 4.90 Å². The number of aryl methyl sites for hydroxylation is 1. The maximum absolute atomic E-state index is 12.2. The number of likely N-dealkylation sites (tertiary alicyclic amines) is 1. The largest absolute Gasteiger partial charge is 0.340 e. The molecule has 1 fully saturated rings. The Hall–Kier alpha value is -1.40. The van der Waals surface area contributed by atoms with Gasteiger partial charge < -0.3 is 4.90 Å². The molecule has 0 unspecified atom stereocenters. The number of carbonyl (C=O) groups is 1. The summed E-state index contributed by atoms with van der Waals surface area (Å²) in [5.41, 5.74) is 1.01. The highest BCUT2D eigenvalue weighted by Gasteiger charge is 2.23. The van der Waals surface area contributed by atoms with Gasteiger partial charge in [0.15, 0.2) is 0 Å². The van der Waals surface area contributed by atoms with E-state index in [2.05, 4.69) is 4.72 Å². The Bertz CT molecular complexity index is 611. The first kappa shape index (κ1) is 17.0. The molecule has 122 valence electrons. The summed E-state index contributed by atoms with van der Waals surface area (Å²) >= 11 is 0. The Labute approximate surface area is 132 Å². The van der Waals surface area contributed by atoms with Crippen molar-refractivity contribution in [3.8, 4) is 0 Å². The van der Waals surface area contributed by atoms with Crippen LogP contribution in [-0.2, 0) is 14.8 Å². The van der Waals surface area contributed by atoms with Crippen molar-refractivity contribution < 1.29 is 13.2 Å². The van der Waals surface area contributed by atoms with Gasteiger partial charge in [-0.05, 0) is 45.2 Å². The van der Waals surface area contributed by atoms with Crippen LogP contribution in [0.2, 0.25) is 0 Å². The van der Waals surface area contributed by atoms with Crippen molar-refractivity contribution in [2.24, 2.45) is 0 Å². The minimum Gasteiger partial charge on any atom is -0.340 e. The van der Waals surface area contributed by atoms with Crippen LogP contribution in [0.4, 0.5) is 0 Å². The Balaban J connectivity index is 1.87. The van der Waals surface area contributed by atoms with Gasteiger partial charge in [-0.15, -0.1) is 0 Å². The molecule has 0 spiro atoms. The summed E-state index contributed by atoms with van der Waals surface area (Å²) in [6.07, 6.45) is 3.42. The van der Waals surface area contributed by atoms with Gasteiger partial charge >= 0.3 is 0 Å². The molecule has 0 radical (unpaired) electrons. The standard InChI is InChI=1S/C16H24N2O3S/c1-13-6-8-15(9-7-13)22(20,21)17-11-10-16(19)18-12-4-3-5-14(18)2/h6-9,14,17H,3-5,10-12H2,1-2H3/t14-/m0/s1. The van der Waals surface area contributed by atoms with Gasteiger partial charge in [-0.2, -0.15) is 0 Å². The molecule has 1 N–H and O–H groups in total. The van der Waals surface area contributed by atoms with Crippen LogP contribution in [-0.4, -0.2) is 38.4 Å². The van der Waals surface area contributed by atoms with Gasteiger partial charge in [-0.3, -0.25) is 4.79 Å². The first-order valence-corrected chi connectivity index (χ1v) is 9.24. The van der Waals surface area contributed by atoms with Crippen LogP contribution in [0.25, 0.3) is 0 Å². The van der Waals surface area contributed by atoms with Crippen molar-refractivity contribution >= 4 is 15.9 Å². The lowest BCUT2D eigenvalue weighted by molar-refractivity contribution is -0.134. The topological polar surface area (TPSA) is 66.5 Å². The van der Waals surface area contributed by atoms with Gasteiger partial charge in [-0.1, -0.05) is 17.7 Å². The van der Waals surface area contributed by atoms with Crippen molar-refractivity contribution in [2.75, 3.05) is 13.1 Å². The number of hydrogen-bond donors (Lipinski definition) is 1. The number of benzene rings is 1. The number of hydrogen-bond acceptors (Lipinski definition) is 3. The molecule has 1 aliphatic heterocycles. The fourth-order valence-electron chi connectivity index (χ4n) is 2.71. The molecule has 1 aliphatic rings. The van der Waals surface area contributed by atoms with Crippen LogP contribution in [0.1, 0.15) is 38.2 Å². The zero-order chi connectivity index (χ0) is 16.2. The molecule has 22 heavy (non-hydrogen) atoms. The summed E-state index contributed by atoms with van der Waals surface area (Å²) in [6.45, 7) is 4.87. The van der Waals surface area contributed by atoms with Crippen LogP contribution >= 0.6 is 0 Å². The van der Waals surface area contributed by atoms with E-state index < -0.39 is 10.0 Å². The Morgan fingerprint density at radius 1 is 1.27 bits per heavy atom. The third-order valence-corrected chi connectivity index (χ3v) is 5.56. The molecule has 6 heteroatoms. The minimum atomic E-state index is -3.54. The normalized spacial score (nSPS) is 19.2. The van der Waals surface area contributed by atoms with E-state index >= 15 is 0 Å². The molecule has 5 nitrogen and oxygen atoms in total. The van der Waals surface area contributed by atoms with E-state index in [0.717, 1.165) is 31.4 Å². The van der Waals surface area contributed by atoms with Crippen molar-refractivity contribution in [3.05, 3.63) is 29.8 Å². The summed E-state index contributed by atoms with van der Waals surface area (Å²) in [5.74, 6) is 0.0267. The summed E-state index contributed by atoms with van der Waals surface area (Å²) in [7, 11) is -3.54. The monoisotopic (exact) mass is 324 g/mol. The van der Waals surface area contributed by atoms with Crippen LogP contribution in [0, 0.1) is 6.92 Å². The SMILES string of the molecule is Cc1ccc(S(=O)(=O)NCCC(=O)N2CCCC[C@@H]2C)cc1. The molecule has 1 saturated heterocycles. The van der Waals surface area contributed by atoms with E-state index in [-0.39, 0.29) is 29.8 Å². The molecule has 1 atom stereocenters. The third-order valence-electron chi connectivity index (χ3n) is 4.09. The molecule has 1 aromatic rings. The maximum atomic E-state index is 12.2. The molecule has 0 aromatic heterocycles. The smallest absolute Gasteiger partial charge is 0.240 e. The van der Waals surface area contributed by atoms with Crippen LogP contribution in [0.15, 0.2) is 29.2 Å². The molecule has 0 saturated carbocycles. The minimum absolute atomic E-state index is 0.0267. The van der Waals surface area contributed by atoms with Crippen molar-refractivity contribution in [1.29, 1.82) is 0 Å². The molecule has 1 amide bonds. The highest BCUT2D eigenvalue weighted by molar-refractivity contribution is 7.89. The van der Waals surface area contributed by atoms with Gasteiger partial charge in [-0.25, -0.2) is 13.1 Å². The summed E-state index contributed by atoms with van der Waals surface area (Å²) in [6, 6.07) is 6.93. The second kappa shape index (κ2) is 7.24. The fraction of sp³-hybridized carbons (Fsp3) is 0.562. The first-order chi connectivity index (χ1) is 10.4. The second-order valence-electron chi connectivity index (χ2n) is 5.89. The number of sulfonamides is 1. The highest BCUT2D eigenvalue weighted by atomic mass is 32.2. The lowest BCUT2D eigenvalue weighted by Crippen LogP contribution is -2.43. The lowest BCUT2D eigenvalue weighted by atomic mass is 10.0. The molecular formula is C16H24N2O3S. The lowest BCUT2D eigenvalue weighted by Gasteiger charge is -2.33. The van der Waals surface area contributed by atoms with Crippen LogP contribution in [0.3, 0.4) is 0 Å². The average Bonchev–Trinajstić information content (AvgIpc) is 2.48. The van der Waals surface area contributed by atoms with Crippen molar-refractivity contribution in [1.82, 2.24) is 9.62 Å². The molecular weight excluding hydrogens is 300 g/mol. The van der Waals surface area contributed by atoms with Crippen LogP contribution < -0.4 is 4.72 Å². The molecule has 0 bridgehead atoms. The predicted molar refractivity (Wildman–Crippen MR) is 86.0 cm³/mol. The number of amides is 1. The van der Waals surface area contributed by atoms with E-state index in [4.69, 9.17) is 0 Å². The van der Waals surface area contributed by atoms with Gasteiger partial charge in [0, 0.05) is 25.6 Å². The average molecular weight is 324 g/mol. The number of nitrogens with zero attached hydrogens (tertiary/aromatic N) is 1. The van der Waals surface area contributed by atoms with Gasteiger partial charge in [0.25, 0.3) is 0 Å². The summed E-state index contributed by atoms with van der Waals surface area (Å²) in [5, 5.41) is 0. The Morgan fingerprint density at radius 2 is 1.95 bits per heavy atom. The number of carbonyl (C=O) groups excluding carboxylic acids is 1. The Kier molecular flexibility index (Phi) is 5.58. The highest BCUT2D eigenvalue weighted by Crippen LogP contribution is 2.17. The summed E-state index contributed by atoms with van der Waals surface area (Å²) < 4.78 is 26.8. The number of rotatable bonds is 5. The van der Waals surface area contributed by atoms with Crippen LogP contribution in [0.5, 0.6) is 0 Å². The van der Waals surface area contributed by atoms with Gasteiger partial charge in [0.1, 0.15) is 0 Å². The van der Waals surface area contributed by atoms with E-state index in [1.807, 2.05) is 18.7 Å². The quantitative estimate of drug-likeness (QED) is 0.901. The van der Waals surface area contributed by atoms with E-state index in [1.54, 1.807) is 24.3 Å². The molecule has 0 aliphatic carbocycles. The molecule has 1 aromatic carbocycles. The summed E-state index contributed by atoms with van der Waals surface area (Å²) in [4.78, 5) is 14.3.